The van der Waals surface area contributed by atoms with E-state index in [1.807, 2.05) is 54.4 Å². The second-order valence-electron chi connectivity index (χ2n) is 8.83. The van der Waals surface area contributed by atoms with Crippen molar-refractivity contribution in [3.8, 4) is 0 Å². The molecule has 1 saturated heterocycles. The average molecular weight is 469 g/mol. The quantitative estimate of drug-likeness (QED) is 0.357. The Morgan fingerprint density at radius 3 is 2.65 bits per heavy atom. The number of hydrogen-bond acceptors (Lipinski definition) is 5. The number of pyridine rings is 1. The molecule has 4 aromatic rings. The predicted molar refractivity (Wildman–Crippen MR) is 140 cm³/mol. The lowest BCUT2D eigenvalue weighted by Crippen LogP contribution is -2.59. The number of fused-ring (bicyclic) bond motifs is 1. The van der Waals surface area contributed by atoms with Crippen LogP contribution in [0.3, 0.4) is 0 Å². The van der Waals surface area contributed by atoms with Crippen molar-refractivity contribution >= 4 is 34.4 Å². The van der Waals surface area contributed by atoms with Crippen LogP contribution in [0.1, 0.15) is 21.5 Å². The van der Waals surface area contributed by atoms with Gasteiger partial charge in [0.1, 0.15) is 0 Å². The highest BCUT2D eigenvalue weighted by molar-refractivity contribution is 8.00. The molecule has 6 heteroatoms. The first kappa shape index (κ1) is 22.4. The van der Waals surface area contributed by atoms with Crippen LogP contribution in [-0.2, 0) is 6.54 Å². The Bertz CT molecular complexity index is 1300. The third-order valence-corrected chi connectivity index (χ3v) is 7.26. The Labute approximate surface area is 204 Å². The monoisotopic (exact) mass is 468 g/mol. The van der Waals surface area contributed by atoms with Crippen molar-refractivity contribution in [3.05, 3.63) is 102 Å². The summed E-state index contributed by atoms with van der Waals surface area (Å²) in [6.45, 7) is 4.47. The first-order chi connectivity index (χ1) is 16.6. The molecular formula is C28H28N4OS. The van der Waals surface area contributed by atoms with E-state index >= 15 is 0 Å². The summed E-state index contributed by atoms with van der Waals surface area (Å²) in [5.74, 6) is 0.102. The Hall–Kier alpha value is -3.35. The largest absolute Gasteiger partial charge is 0.335 e. The molecule has 3 aromatic carbocycles. The number of nitrogens with one attached hydrogen (secondary N) is 1. The maximum atomic E-state index is 13.0. The van der Waals surface area contributed by atoms with Gasteiger partial charge in [0.2, 0.25) is 0 Å². The molecule has 5 rings (SSSR count). The van der Waals surface area contributed by atoms with Gasteiger partial charge < -0.3 is 9.62 Å². The average Bonchev–Trinajstić information content (AvgIpc) is 2.83. The molecule has 0 radical (unpaired) electrons. The van der Waals surface area contributed by atoms with Gasteiger partial charge in [-0.25, -0.2) is 0 Å². The highest BCUT2D eigenvalue weighted by Crippen LogP contribution is 2.29. The van der Waals surface area contributed by atoms with Crippen LogP contribution in [0.4, 0.5) is 5.69 Å². The molecule has 5 nitrogen and oxygen atoms in total. The van der Waals surface area contributed by atoms with Crippen molar-refractivity contribution in [3.63, 3.8) is 0 Å². The summed E-state index contributed by atoms with van der Waals surface area (Å²) in [7, 11) is 2.13. The topological polar surface area (TPSA) is 48.5 Å². The standard InChI is InChI=1S/C28H28N4OS/c1-20-16-23(28(33)32-18-24(19-32)31(2)17-21-8-4-3-5-9-21)13-14-25(20)30-34-26-12-6-10-22-11-7-15-29-27(22)26/h3-16,24,30H,17-19H2,1-2H3. The van der Waals surface area contributed by atoms with Gasteiger partial charge in [-0.05, 0) is 67.4 Å². The number of anilines is 1. The second kappa shape index (κ2) is 9.87. The van der Waals surface area contributed by atoms with Gasteiger partial charge in [0, 0.05) is 48.5 Å². The Balaban J connectivity index is 1.18. The number of para-hydroxylation sites is 1. The third-order valence-electron chi connectivity index (χ3n) is 6.39. The minimum atomic E-state index is 0.102. The summed E-state index contributed by atoms with van der Waals surface area (Å²) >= 11 is 1.54. The van der Waals surface area contributed by atoms with Gasteiger partial charge in [-0.15, -0.1) is 0 Å². The molecule has 0 aliphatic carbocycles. The number of aryl methyl sites for hydroxylation is 1. The Morgan fingerprint density at radius 2 is 1.85 bits per heavy atom. The number of benzene rings is 3. The van der Waals surface area contributed by atoms with Gasteiger partial charge in [0.25, 0.3) is 5.91 Å². The normalized spacial score (nSPS) is 13.8. The molecule has 1 aliphatic heterocycles. The fraction of sp³-hybridized carbons (Fsp3) is 0.214. The van der Waals surface area contributed by atoms with Crippen molar-refractivity contribution < 1.29 is 4.79 Å². The lowest BCUT2D eigenvalue weighted by Gasteiger charge is -2.44. The zero-order valence-electron chi connectivity index (χ0n) is 19.4. The number of hydrogen-bond donors (Lipinski definition) is 1. The number of likely N-dealkylation sites (tertiary alicyclic amines) is 1. The second-order valence-corrected chi connectivity index (χ2v) is 9.68. The van der Waals surface area contributed by atoms with Gasteiger partial charge >= 0.3 is 0 Å². The van der Waals surface area contributed by atoms with Crippen LogP contribution in [0.25, 0.3) is 10.9 Å². The fourth-order valence-electron chi connectivity index (χ4n) is 4.26. The number of nitrogens with zero attached hydrogens (tertiary/aromatic N) is 3. The number of carbonyl (C=O) groups is 1. The van der Waals surface area contributed by atoms with Gasteiger partial charge in [-0.3, -0.25) is 14.7 Å². The SMILES string of the molecule is Cc1cc(C(=O)N2CC(N(C)Cc3ccccc3)C2)ccc1NSc1cccc2cccnc12. The van der Waals surface area contributed by atoms with Crippen molar-refractivity contribution in [2.45, 2.75) is 24.4 Å². The van der Waals surface area contributed by atoms with Crippen molar-refractivity contribution in [2.24, 2.45) is 0 Å². The van der Waals surface area contributed by atoms with Gasteiger partial charge in [-0.2, -0.15) is 0 Å². The molecule has 0 atom stereocenters. The van der Waals surface area contributed by atoms with E-state index in [1.165, 1.54) is 5.56 Å². The van der Waals surface area contributed by atoms with Crippen LogP contribution in [-0.4, -0.2) is 46.9 Å². The molecule has 1 aliphatic rings. The molecule has 2 heterocycles. The molecule has 172 valence electrons. The van der Waals surface area contributed by atoms with Crippen LogP contribution in [0, 0.1) is 6.92 Å². The first-order valence-electron chi connectivity index (χ1n) is 11.5. The third kappa shape index (κ3) is 4.79. The van der Waals surface area contributed by atoms with Gasteiger partial charge in [-0.1, -0.05) is 48.5 Å². The van der Waals surface area contributed by atoms with E-state index < -0.39 is 0 Å². The molecule has 1 amide bonds. The lowest BCUT2D eigenvalue weighted by atomic mass is 10.0. The molecule has 0 spiro atoms. The Morgan fingerprint density at radius 1 is 1.06 bits per heavy atom. The number of carbonyl (C=O) groups excluding carboxylic acids is 1. The van der Waals surface area contributed by atoms with E-state index in [0.29, 0.717) is 6.04 Å². The van der Waals surface area contributed by atoms with Gasteiger partial charge in [0.15, 0.2) is 0 Å². The van der Waals surface area contributed by atoms with E-state index in [2.05, 4.69) is 64.1 Å². The number of rotatable bonds is 7. The summed E-state index contributed by atoms with van der Waals surface area (Å²) in [4.78, 5) is 22.9. The zero-order chi connectivity index (χ0) is 23.5. The van der Waals surface area contributed by atoms with Gasteiger partial charge in [0.05, 0.1) is 10.4 Å². The maximum absolute atomic E-state index is 13.0. The fourth-order valence-corrected chi connectivity index (χ4v) is 5.13. The highest BCUT2D eigenvalue weighted by atomic mass is 32.2. The summed E-state index contributed by atoms with van der Waals surface area (Å²) in [5.41, 5.74) is 5.06. The van der Waals surface area contributed by atoms with Crippen LogP contribution in [0.2, 0.25) is 0 Å². The minimum absolute atomic E-state index is 0.102. The van der Waals surface area contributed by atoms with E-state index in [0.717, 1.165) is 52.2 Å². The summed E-state index contributed by atoms with van der Waals surface area (Å²) in [5, 5.41) is 1.12. The van der Waals surface area contributed by atoms with Crippen LogP contribution in [0.15, 0.2) is 90.0 Å². The molecule has 0 unspecified atom stereocenters. The van der Waals surface area contributed by atoms with Crippen LogP contribution < -0.4 is 4.72 Å². The van der Waals surface area contributed by atoms with E-state index in [4.69, 9.17) is 0 Å². The molecule has 1 fully saturated rings. The zero-order valence-corrected chi connectivity index (χ0v) is 20.3. The number of likely N-dealkylation sites (N-methyl/N-ethyl adjacent to an activating group) is 1. The number of aromatic nitrogens is 1. The summed E-state index contributed by atoms with van der Waals surface area (Å²) < 4.78 is 3.43. The van der Waals surface area contributed by atoms with Crippen LogP contribution in [0.5, 0.6) is 0 Å². The van der Waals surface area contributed by atoms with E-state index in [1.54, 1.807) is 11.9 Å². The smallest absolute Gasteiger partial charge is 0.253 e. The van der Waals surface area contributed by atoms with Crippen molar-refractivity contribution in [1.29, 1.82) is 0 Å². The highest BCUT2D eigenvalue weighted by Gasteiger charge is 2.33. The molecule has 1 aromatic heterocycles. The maximum Gasteiger partial charge on any atom is 0.253 e. The first-order valence-corrected chi connectivity index (χ1v) is 12.3. The van der Waals surface area contributed by atoms with E-state index in [-0.39, 0.29) is 5.91 Å². The van der Waals surface area contributed by atoms with Crippen molar-refractivity contribution in [1.82, 2.24) is 14.8 Å². The predicted octanol–water partition coefficient (Wildman–Crippen LogP) is 5.62. The minimum Gasteiger partial charge on any atom is -0.335 e. The Kier molecular flexibility index (Phi) is 6.52. The molecule has 34 heavy (non-hydrogen) atoms. The molecule has 0 saturated carbocycles. The lowest BCUT2D eigenvalue weighted by molar-refractivity contribution is 0.0321. The summed E-state index contributed by atoms with van der Waals surface area (Å²) in [6.07, 6.45) is 1.82. The molecule has 0 bridgehead atoms. The van der Waals surface area contributed by atoms with E-state index in [9.17, 15) is 4.79 Å². The summed E-state index contributed by atoms with van der Waals surface area (Å²) in [6, 6.07) is 26.9. The van der Waals surface area contributed by atoms with Crippen molar-refractivity contribution in [2.75, 3.05) is 24.9 Å². The molecule has 1 N–H and O–H groups in total. The van der Waals surface area contributed by atoms with Crippen LogP contribution >= 0.6 is 11.9 Å². The molecular weight excluding hydrogens is 440 g/mol. The number of amides is 1.